The molecule has 3 unspecified atom stereocenters. The molecule has 0 spiro atoms. The molecule has 1 saturated heterocycles. The molecule has 2 aliphatic rings. The van der Waals surface area contributed by atoms with Crippen LogP contribution in [0, 0.1) is 17.8 Å². The Morgan fingerprint density at radius 1 is 1.21 bits per heavy atom. The Hall–Kier alpha value is -2.26. The molecule has 33 heavy (non-hydrogen) atoms. The minimum atomic E-state index is -2.80. The third kappa shape index (κ3) is 3.79. The molecule has 0 saturated carbocycles. The summed E-state index contributed by atoms with van der Waals surface area (Å²) in [5.41, 5.74) is 7.96. The Bertz CT molecular complexity index is 1120. The van der Waals surface area contributed by atoms with Gasteiger partial charge in [0.1, 0.15) is 23.6 Å². The highest BCUT2D eigenvalue weighted by Crippen LogP contribution is 2.49. The minimum absolute atomic E-state index is 0.00865. The molecule has 2 N–H and O–H groups in total. The van der Waals surface area contributed by atoms with Gasteiger partial charge in [-0.25, -0.2) is 23.4 Å². The van der Waals surface area contributed by atoms with Crippen molar-refractivity contribution in [3.05, 3.63) is 34.0 Å². The van der Waals surface area contributed by atoms with Crippen molar-refractivity contribution in [2.75, 3.05) is 25.9 Å². The van der Waals surface area contributed by atoms with Gasteiger partial charge in [0.05, 0.1) is 18.5 Å². The molecular weight excluding hydrogens is 450 g/mol. The monoisotopic (exact) mass is 480 g/mol. The van der Waals surface area contributed by atoms with E-state index in [-0.39, 0.29) is 34.7 Å². The van der Waals surface area contributed by atoms with Crippen molar-refractivity contribution >= 4 is 28.5 Å². The van der Waals surface area contributed by atoms with Crippen LogP contribution in [0.25, 0.3) is 11.0 Å². The Labute approximate surface area is 197 Å². The third-order valence-corrected chi connectivity index (χ3v) is 7.82. The van der Waals surface area contributed by atoms with Gasteiger partial charge < -0.3 is 10.5 Å². The number of halogens is 3. The van der Waals surface area contributed by atoms with Crippen molar-refractivity contribution in [1.29, 1.82) is 0 Å². The van der Waals surface area contributed by atoms with Crippen LogP contribution in [-0.4, -0.2) is 50.9 Å². The van der Waals surface area contributed by atoms with Crippen molar-refractivity contribution < 1.29 is 13.5 Å². The SMILES string of the molecule is COC1=C(C2CN(C(C)C)C2)C(C)=C(Cl)C(C)C1C(C)n1nc(C(F)F)c2c(N)ncnc21. The van der Waals surface area contributed by atoms with E-state index in [2.05, 4.69) is 33.8 Å². The average Bonchev–Trinajstić information content (AvgIpc) is 3.13. The summed E-state index contributed by atoms with van der Waals surface area (Å²) in [5, 5.41) is 5.11. The number of rotatable bonds is 6. The summed E-state index contributed by atoms with van der Waals surface area (Å²) in [6.45, 7) is 12.2. The fourth-order valence-electron chi connectivity index (χ4n) is 5.34. The zero-order chi connectivity index (χ0) is 24.2. The number of likely N-dealkylation sites (tertiary alicyclic amines) is 1. The van der Waals surface area contributed by atoms with E-state index in [9.17, 15) is 8.78 Å². The second-order valence-electron chi connectivity index (χ2n) is 9.34. The first-order valence-corrected chi connectivity index (χ1v) is 11.6. The smallest absolute Gasteiger partial charge is 0.282 e. The number of anilines is 1. The number of methoxy groups -OCH3 is 1. The van der Waals surface area contributed by atoms with Crippen LogP contribution in [0.3, 0.4) is 0 Å². The van der Waals surface area contributed by atoms with Gasteiger partial charge >= 0.3 is 0 Å². The van der Waals surface area contributed by atoms with Gasteiger partial charge in [0.25, 0.3) is 6.43 Å². The largest absolute Gasteiger partial charge is 0.500 e. The van der Waals surface area contributed by atoms with Crippen molar-refractivity contribution in [3.8, 4) is 0 Å². The van der Waals surface area contributed by atoms with E-state index in [1.54, 1.807) is 7.11 Å². The number of hydrogen-bond donors (Lipinski definition) is 1. The Morgan fingerprint density at radius 3 is 2.45 bits per heavy atom. The Morgan fingerprint density at radius 2 is 1.88 bits per heavy atom. The molecule has 0 aromatic carbocycles. The summed E-state index contributed by atoms with van der Waals surface area (Å²) in [5.74, 6) is 0.844. The number of ether oxygens (including phenoxy) is 1. The molecular formula is C23H31ClF2N6O. The van der Waals surface area contributed by atoms with Gasteiger partial charge in [-0.2, -0.15) is 5.10 Å². The molecule has 10 heteroatoms. The highest BCUT2D eigenvalue weighted by atomic mass is 35.5. The molecule has 1 aliphatic heterocycles. The summed E-state index contributed by atoms with van der Waals surface area (Å²) in [6, 6.07) is 0.107. The molecule has 3 atom stereocenters. The maximum Gasteiger partial charge on any atom is 0.282 e. The van der Waals surface area contributed by atoms with Gasteiger partial charge in [-0.05, 0) is 38.8 Å². The molecule has 0 bridgehead atoms. The fraction of sp³-hybridized carbons (Fsp3) is 0.609. The van der Waals surface area contributed by atoms with Crippen molar-refractivity contribution in [2.24, 2.45) is 17.8 Å². The second-order valence-corrected chi connectivity index (χ2v) is 9.75. The third-order valence-electron chi connectivity index (χ3n) is 7.19. The number of nitrogen functional groups attached to an aromatic ring is 1. The topological polar surface area (TPSA) is 82.1 Å². The van der Waals surface area contributed by atoms with E-state index in [0.717, 1.165) is 35.0 Å². The summed E-state index contributed by atoms with van der Waals surface area (Å²) >= 11 is 6.87. The number of aromatic nitrogens is 4. The molecule has 7 nitrogen and oxygen atoms in total. The molecule has 180 valence electrons. The first-order chi connectivity index (χ1) is 15.6. The number of hydrogen-bond acceptors (Lipinski definition) is 6. The van der Waals surface area contributed by atoms with Crippen molar-refractivity contribution in [2.45, 2.75) is 53.1 Å². The molecule has 1 aliphatic carbocycles. The van der Waals surface area contributed by atoms with E-state index < -0.39 is 12.1 Å². The van der Waals surface area contributed by atoms with Crippen molar-refractivity contribution in [3.63, 3.8) is 0 Å². The maximum atomic E-state index is 13.8. The lowest BCUT2D eigenvalue weighted by Crippen LogP contribution is -2.52. The molecule has 3 heterocycles. The zero-order valence-electron chi connectivity index (χ0n) is 19.8. The number of allylic oxidation sites excluding steroid dienone is 3. The van der Waals surface area contributed by atoms with Gasteiger partial charge in [0.2, 0.25) is 0 Å². The highest BCUT2D eigenvalue weighted by Gasteiger charge is 2.44. The molecule has 4 rings (SSSR count). The molecule has 2 aromatic heterocycles. The number of nitrogens with two attached hydrogens (primary N) is 1. The fourth-order valence-corrected chi connectivity index (χ4v) is 5.58. The summed E-state index contributed by atoms with van der Waals surface area (Å²) in [6.07, 6.45) is -1.53. The van der Waals surface area contributed by atoms with E-state index in [4.69, 9.17) is 22.1 Å². The second kappa shape index (κ2) is 8.83. The number of nitrogens with zero attached hydrogens (tertiary/aromatic N) is 5. The zero-order valence-corrected chi connectivity index (χ0v) is 20.6. The lowest BCUT2D eigenvalue weighted by atomic mass is 9.73. The van der Waals surface area contributed by atoms with Crippen molar-refractivity contribution in [1.82, 2.24) is 24.6 Å². The van der Waals surface area contributed by atoms with Crippen LogP contribution in [-0.2, 0) is 4.74 Å². The van der Waals surface area contributed by atoms with Crippen LogP contribution in [0.15, 0.2) is 28.3 Å². The Balaban J connectivity index is 1.82. The molecule has 1 fully saturated rings. The van der Waals surface area contributed by atoms with Crippen LogP contribution in [0.2, 0.25) is 0 Å². The lowest BCUT2D eigenvalue weighted by Gasteiger charge is -2.46. The van der Waals surface area contributed by atoms with E-state index in [1.165, 1.54) is 11.0 Å². The summed E-state index contributed by atoms with van der Waals surface area (Å²) in [7, 11) is 1.67. The summed E-state index contributed by atoms with van der Waals surface area (Å²) < 4.78 is 35.1. The van der Waals surface area contributed by atoms with Crippen LogP contribution in [0.5, 0.6) is 0 Å². The molecule has 0 radical (unpaired) electrons. The van der Waals surface area contributed by atoms with Gasteiger partial charge in [0, 0.05) is 41.9 Å². The van der Waals surface area contributed by atoms with Gasteiger partial charge in [-0.15, -0.1) is 0 Å². The minimum Gasteiger partial charge on any atom is -0.500 e. The maximum absolute atomic E-state index is 13.8. The van der Waals surface area contributed by atoms with Crippen LogP contribution < -0.4 is 5.73 Å². The van der Waals surface area contributed by atoms with Crippen LogP contribution in [0.4, 0.5) is 14.6 Å². The van der Waals surface area contributed by atoms with E-state index in [1.807, 2.05) is 20.8 Å². The van der Waals surface area contributed by atoms with Gasteiger partial charge in [0.15, 0.2) is 5.65 Å². The van der Waals surface area contributed by atoms with Crippen LogP contribution >= 0.6 is 11.6 Å². The average molecular weight is 481 g/mol. The quantitative estimate of drug-likeness (QED) is 0.631. The Kier molecular flexibility index (Phi) is 6.39. The standard InChI is InChI=1S/C23H31ClF2N6O/c1-10(2)31-7-14(8-31)16-12(4)18(24)11(3)15(20(16)33-6)13(5)32-23-17(19(30-32)21(25)26)22(27)28-9-29-23/h9-11,13-15,21H,7-8H2,1-6H3,(H2,27,28,29). The predicted molar refractivity (Wildman–Crippen MR) is 125 cm³/mol. The normalized spacial score (nSPS) is 23.7. The summed E-state index contributed by atoms with van der Waals surface area (Å²) in [4.78, 5) is 10.5. The number of fused-ring (bicyclic) bond motifs is 1. The number of alkyl halides is 2. The predicted octanol–water partition coefficient (Wildman–Crippen LogP) is 4.93. The first-order valence-electron chi connectivity index (χ1n) is 11.2. The first kappa shape index (κ1) is 23.9. The van der Waals surface area contributed by atoms with E-state index >= 15 is 0 Å². The van der Waals surface area contributed by atoms with Crippen LogP contribution in [0.1, 0.15) is 52.8 Å². The van der Waals surface area contributed by atoms with Gasteiger partial charge in [-0.1, -0.05) is 18.5 Å². The lowest BCUT2D eigenvalue weighted by molar-refractivity contribution is 0.0795. The highest BCUT2D eigenvalue weighted by molar-refractivity contribution is 6.30. The van der Waals surface area contributed by atoms with E-state index in [0.29, 0.717) is 12.0 Å². The molecule has 2 aromatic rings. The van der Waals surface area contributed by atoms with Gasteiger partial charge in [-0.3, -0.25) is 4.90 Å². The molecule has 0 amide bonds.